The lowest BCUT2D eigenvalue weighted by atomic mass is 10.2. The van der Waals surface area contributed by atoms with Gasteiger partial charge in [-0.2, -0.15) is 9.78 Å². The lowest BCUT2D eigenvalue weighted by Crippen LogP contribution is -2.22. The monoisotopic (exact) mass is 165 g/mol. The number of primary amides is 1. The number of hydrogen-bond acceptors (Lipinski definition) is 3. The minimum absolute atomic E-state index is 0.444. The predicted molar refractivity (Wildman–Crippen MR) is 41.0 cm³/mol. The molecule has 1 aliphatic rings. The zero-order valence-corrected chi connectivity index (χ0v) is 6.23. The molecule has 1 aliphatic heterocycles. The number of hydrogen-bond donors (Lipinski definition) is 1. The Hall–Kier alpha value is -1.78. The van der Waals surface area contributed by atoms with Gasteiger partial charge < -0.3 is 10.5 Å². The van der Waals surface area contributed by atoms with Gasteiger partial charge in [0, 0.05) is 5.56 Å². The van der Waals surface area contributed by atoms with E-state index in [-0.39, 0.29) is 0 Å². The van der Waals surface area contributed by atoms with Crippen LogP contribution >= 0.6 is 0 Å². The molecule has 0 bridgehead atoms. The maximum Gasteiger partial charge on any atom is 0.340 e. The zero-order chi connectivity index (χ0) is 8.55. The Kier molecular flexibility index (Phi) is 1.36. The van der Waals surface area contributed by atoms with Gasteiger partial charge in [-0.1, -0.05) is 0 Å². The van der Waals surface area contributed by atoms with Crippen LogP contribution in [0.2, 0.25) is 0 Å². The standard InChI is InChI=1S/C7H7N3O2/c8-7(11)10-6-1-2-12-4-5(6)3-9-10/h1-3H,4H2,(H2,8,11). The number of nitrogens with zero attached hydrogens (tertiary/aromatic N) is 2. The molecule has 0 fully saturated rings. The van der Waals surface area contributed by atoms with E-state index in [1.54, 1.807) is 12.3 Å². The molecule has 0 saturated heterocycles. The molecule has 2 N–H and O–H groups in total. The van der Waals surface area contributed by atoms with Gasteiger partial charge in [0.1, 0.15) is 6.61 Å². The molecule has 0 saturated carbocycles. The smallest absolute Gasteiger partial charge is 0.340 e. The summed E-state index contributed by atoms with van der Waals surface area (Å²) in [5.74, 6) is 0. The summed E-state index contributed by atoms with van der Waals surface area (Å²) in [6.45, 7) is 0.444. The van der Waals surface area contributed by atoms with E-state index in [0.29, 0.717) is 12.3 Å². The Morgan fingerprint density at radius 2 is 2.58 bits per heavy atom. The SMILES string of the molecule is NC(=O)n1ncc2c1C=COC2. The van der Waals surface area contributed by atoms with E-state index < -0.39 is 6.03 Å². The van der Waals surface area contributed by atoms with Gasteiger partial charge in [-0.15, -0.1) is 0 Å². The Morgan fingerprint density at radius 3 is 3.33 bits per heavy atom. The fourth-order valence-corrected chi connectivity index (χ4v) is 1.11. The maximum absolute atomic E-state index is 10.8. The maximum atomic E-state index is 10.8. The van der Waals surface area contributed by atoms with Crippen LogP contribution in [0.1, 0.15) is 11.3 Å². The molecule has 2 heterocycles. The van der Waals surface area contributed by atoms with Crippen LogP contribution in [0.3, 0.4) is 0 Å². The Morgan fingerprint density at radius 1 is 1.75 bits per heavy atom. The third-order valence-corrected chi connectivity index (χ3v) is 1.66. The Labute approximate surface area is 68.4 Å². The molecule has 1 amide bonds. The number of carbonyl (C=O) groups excluding carboxylic acids is 1. The van der Waals surface area contributed by atoms with Crippen molar-refractivity contribution in [1.29, 1.82) is 0 Å². The molecule has 0 atom stereocenters. The van der Waals surface area contributed by atoms with E-state index >= 15 is 0 Å². The van der Waals surface area contributed by atoms with Gasteiger partial charge in [0.15, 0.2) is 0 Å². The molecule has 0 radical (unpaired) electrons. The first-order valence-corrected chi connectivity index (χ1v) is 3.44. The van der Waals surface area contributed by atoms with Crippen molar-refractivity contribution in [3.63, 3.8) is 0 Å². The number of aromatic nitrogens is 2. The van der Waals surface area contributed by atoms with Crippen molar-refractivity contribution >= 4 is 12.1 Å². The number of rotatable bonds is 0. The highest BCUT2D eigenvalue weighted by Gasteiger charge is 2.13. The van der Waals surface area contributed by atoms with E-state index in [1.165, 1.54) is 6.26 Å². The summed E-state index contributed by atoms with van der Waals surface area (Å²) in [5, 5.41) is 3.81. The van der Waals surface area contributed by atoms with Gasteiger partial charge in [-0.3, -0.25) is 0 Å². The van der Waals surface area contributed by atoms with Crippen molar-refractivity contribution in [3.8, 4) is 0 Å². The first-order chi connectivity index (χ1) is 5.79. The highest BCUT2D eigenvalue weighted by Crippen LogP contribution is 2.15. The summed E-state index contributed by atoms with van der Waals surface area (Å²) in [6, 6.07) is -0.581. The van der Waals surface area contributed by atoms with Crippen molar-refractivity contribution in [2.24, 2.45) is 5.73 Å². The van der Waals surface area contributed by atoms with Gasteiger partial charge >= 0.3 is 6.03 Å². The average molecular weight is 165 g/mol. The topological polar surface area (TPSA) is 70.1 Å². The highest BCUT2D eigenvalue weighted by atomic mass is 16.5. The second-order valence-electron chi connectivity index (χ2n) is 2.42. The number of fused-ring (bicyclic) bond motifs is 1. The molecule has 1 aromatic heterocycles. The summed E-state index contributed by atoms with van der Waals surface area (Å²) in [4.78, 5) is 10.8. The third-order valence-electron chi connectivity index (χ3n) is 1.66. The van der Waals surface area contributed by atoms with Crippen LogP contribution in [-0.2, 0) is 11.3 Å². The van der Waals surface area contributed by atoms with Crippen LogP contribution in [0.15, 0.2) is 12.5 Å². The lowest BCUT2D eigenvalue weighted by Gasteiger charge is -2.06. The van der Waals surface area contributed by atoms with Gasteiger partial charge in [0.25, 0.3) is 0 Å². The van der Waals surface area contributed by atoms with Crippen LogP contribution < -0.4 is 5.73 Å². The molecule has 1 aromatic rings. The van der Waals surface area contributed by atoms with E-state index in [1.807, 2.05) is 0 Å². The Balaban J connectivity index is 2.54. The zero-order valence-electron chi connectivity index (χ0n) is 6.23. The lowest BCUT2D eigenvalue weighted by molar-refractivity contribution is 0.233. The number of ether oxygens (including phenoxy) is 1. The minimum atomic E-state index is -0.581. The van der Waals surface area contributed by atoms with Crippen molar-refractivity contribution in [2.75, 3.05) is 0 Å². The van der Waals surface area contributed by atoms with Gasteiger partial charge in [0.05, 0.1) is 18.2 Å². The second-order valence-corrected chi connectivity index (χ2v) is 2.42. The summed E-state index contributed by atoms with van der Waals surface area (Å²) in [5.41, 5.74) is 6.64. The molecular weight excluding hydrogens is 158 g/mol. The number of nitrogens with two attached hydrogens (primary N) is 1. The fraction of sp³-hybridized carbons (Fsp3) is 0.143. The summed E-state index contributed by atoms with van der Waals surface area (Å²) in [7, 11) is 0. The third kappa shape index (κ3) is 0.868. The van der Waals surface area contributed by atoms with Crippen LogP contribution in [0.5, 0.6) is 0 Å². The van der Waals surface area contributed by atoms with Crippen LogP contribution in [-0.4, -0.2) is 15.8 Å². The molecule has 0 aliphatic carbocycles. The summed E-state index contributed by atoms with van der Waals surface area (Å²) < 4.78 is 6.15. The molecule has 5 nitrogen and oxygen atoms in total. The number of amides is 1. The molecule has 0 spiro atoms. The van der Waals surface area contributed by atoms with Gasteiger partial charge in [-0.05, 0) is 6.08 Å². The normalized spacial score (nSPS) is 13.7. The van der Waals surface area contributed by atoms with Crippen molar-refractivity contribution < 1.29 is 9.53 Å². The van der Waals surface area contributed by atoms with Crippen molar-refractivity contribution in [3.05, 3.63) is 23.7 Å². The Bertz CT molecular complexity index is 354. The number of carbonyl (C=O) groups is 1. The van der Waals surface area contributed by atoms with E-state index in [4.69, 9.17) is 10.5 Å². The van der Waals surface area contributed by atoms with Crippen LogP contribution in [0, 0.1) is 0 Å². The summed E-state index contributed by atoms with van der Waals surface area (Å²) in [6.07, 6.45) is 4.75. The van der Waals surface area contributed by atoms with E-state index in [9.17, 15) is 4.79 Å². The quantitative estimate of drug-likeness (QED) is 0.601. The molecule has 62 valence electrons. The van der Waals surface area contributed by atoms with Crippen molar-refractivity contribution in [2.45, 2.75) is 6.61 Å². The predicted octanol–water partition coefficient (Wildman–Crippen LogP) is 0.311. The first kappa shape index (κ1) is 6.90. The van der Waals surface area contributed by atoms with Gasteiger partial charge in [0.2, 0.25) is 0 Å². The minimum Gasteiger partial charge on any atom is -0.496 e. The van der Waals surface area contributed by atoms with E-state index in [0.717, 1.165) is 10.2 Å². The molecule has 0 unspecified atom stereocenters. The van der Waals surface area contributed by atoms with Gasteiger partial charge in [-0.25, -0.2) is 4.79 Å². The summed E-state index contributed by atoms with van der Waals surface area (Å²) >= 11 is 0. The first-order valence-electron chi connectivity index (χ1n) is 3.44. The molecule has 2 rings (SSSR count). The molecular formula is C7H7N3O2. The fourth-order valence-electron chi connectivity index (χ4n) is 1.11. The van der Waals surface area contributed by atoms with Crippen LogP contribution in [0.4, 0.5) is 4.79 Å². The average Bonchev–Trinajstić information content (AvgIpc) is 2.47. The van der Waals surface area contributed by atoms with Crippen molar-refractivity contribution in [1.82, 2.24) is 9.78 Å². The molecule has 12 heavy (non-hydrogen) atoms. The highest BCUT2D eigenvalue weighted by molar-refractivity contribution is 5.77. The molecule has 5 heteroatoms. The van der Waals surface area contributed by atoms with Crippen LogP contribution in [0.25, 0.3) is 6.08 Å². The largest absolute Gasteiger partial charge is 0.496 e. The molecule has 0 aromatic carbocycles. The second kappa shape index (κ2) is 2.37. The van der Waals surface area contributed by atoms with E-state index in [2.05, 4.69) is 5.10 Å².